The molecule has 1 heterocycles. The standard InChI is InChI=1S/C18H20N2O6/c21-16(11-25-18(23)12-6-2-1-3-7-12)19-20-17(22)15-10-24-13-8-4-5-9-14(13)26-15/h1-2,4-5,8-9,12,15H,3,6-7,10-11H2,(H,19,21)(H,20,22)/t12-,15-/m0/s1. The zero-order valence-corrected chi connectivity index (χ0v) is 14.1. The molecule has 0 saturated carbocycles. The Morgan fingerprint density at radius 1 is 1.12 bits per heavy atom. The summed E-state index contributed by atoms with van der Waals surface area (Å²) in [5.74, 6) is -0.788. The van der Waals surface area contributed by atoms with Crippen LogP contribution in [0.25, 0.3) is 0 Å². The van der Waals surface area contributed by atoms with E-state index in [9.17, 15) is 14.4 Å². The maximum atomic E-state index is 12.1. The Morgan fingerprint density at radius 2 is 1.92 bits per heavy atom. The molecule has 8 heteroatoms. The number of carbonyl (C=O) groups excluding carboxylic acids is 3. The van der Waals surface area contributed by atoms with Crippen LogP contribution in [0.2, 0.25) is 0 Å². The van der Waals surface area contributed by atoms with Crippen LogP contribution in [0, 0.1) is 5.92 Å². The van der Waals surface area contributed by atoms with E-state index in [1.807, 2.05) is 12.2 Å². The van der Waals surface area contributed by atoms with E-state index in [1.165, 1.54) is 0 Å². The van der Waals surface area contributed by atoms with Crippen molar-refractivity contribution in [3.05, 3.63) is 36.4 Å². The number of fused-ring (bicyclic) bond motifs is 1. The number of esters is 1. The first-order valence-corrected chi connectivity index (χ1v) is 8.42. The lowest BCUT2D eigenvalue weighted by Gasteiger charge is -2.25. The summed E-state index contributed by atoms with van der Waals surface area (Å²) in [5, 5.41) is 0. The highest BCUT2D eigenvalue weighted by Crippen LogP contribution is 2.30. The van der Waals surface area contributed by atoms with Gasteiger partial charge in [0.05, 0.1) is 5.92 Å². The van der Waals surface area contributed by atoms with Gasteiger partial charge in [-0.2, -0.15) is 0 Å². The number of hydrazine groups is 1. The first kappa shape index (κ1) is 17.8. The van der Waals surface area contributed by atoms with Crippen LogP contribution >= 0.6 is 0 Å². The number of carbonyl (C=O) groups is 3. The number of hydrogen-bond donors (Lipinski definition) is 2. The lowest BCUT2D eigenvalue weighted by Crippen LogP contribution is -2.51. The third-order valence-corrected chi connectivity index (χ3v) is 4.07. The van der Waals surface area contributed by atoms with Gasteiger partial charge in [-0.1, -0.05) is 24.3 Å². The fraction of sp³-hybridized carbons (Fsp3) is 0.389. The van der Waals surface area contributed by atoms with Crippen LogP contribution in [0.1, 0.15) is 19.3 Å². The second-order valence-electron chi connectivity index (χ2n) is 5.99. The molecule has 1 aromatic rings. The highest BCUT2D eigenvalue weighted by molar-refractivity contribution is 5.86. The number of nitrogens with one attached hydrogen (secondary N) is 2. The van der Waals surface area contributed by atoms with Crippen LogP contribution in [0.5, 0.6) is 11.5 Å². The van der Waals surface area contributed by atoms with E-state index < -0.39 is 30.5 Å². The zero-order valence-electron chi connectivity index (χ0n) is 14.1. The molecule has 8 nitrogen and oxygen atoms in total. The van der Waals surface area contributed by atoms with Gasteiger partial charge < -0.3 is 14.2 Å². The van der Waals surface area contributed by atoms with Crippen LogP contribution in [0.15, 0.2) is 36.4 Å². The Balaban J connectivity index is 1.38. The van der Waals surface area contributed by atoms with Crippen molar-refractivity contribution in [3.63, 3.8) is 0 Å². The second-order valence-corrected chi connectivity index (χ2v) is 5.99. The number of amides is 2. The van der Waals surface area contributed by atoms with E-state index in [4.69, 9.17) is 14.2 Å². The molecular weight excluding hydrogens is 340 g/mol. The van der Waals surface area contributed by atoms with Crippen molar-refractivity contribution in [2.24, 2.45) is 5.92 Å². The van der Waals surface area contributed by atoms with Gasteiger partial charge in [0.1, 0.15) is 6.61 Å². The van der Waals surface area contributed by atoms with Gasteiger partial charge in [0.2, 0.25) is 6.10 Å². The predicted molar refractivity (Wildman–Crippen MR) is 90.1 cm³/mol. The summed E-state index contributed by atoms with van der Waals surface area (Å²) in [5.41, 5.74) is 4.44. The zero-order chi connectivity index (χ0) is 18.4. The van der Waals surface area contributed by atoms with Crippen LogP contribution in [0.4, 0.5) is 0 Å². The molecule has 2 amide bonds. The summed E-state index contributed by atoms with van der Waals surface area (Å²) in [4.78, 5) is 35.6. The topological polar surface area (TPSA) is 103 Å². The molecule has 0 fully saturated rings. The molecule has 2 atom stereocenters. The molecule has 0 spiro atoms. The van der Waals surface area contributed by atoms with Crippen LogP contribution in [0.3, 0.4) is 0 Å². The normalized spacial score (nSPS) is 20.8. The Morgan fingerprint density at radius 3 is 2.69 bits per heavy atom. The fourth-order valence-corrected chi connectivity index (χ4v) is 2.66. The van der Waals surface area contributed by atoms with Crippen molar-refractivity contribution in [2.75, 3.05) is 13.2 Å². The van der Waals surface area contributed by atoms with E-state index in [0.717, 1.165) is 6.42 Å². The Kier molecular flexibility index (Phi) is 5.73. The molecule has 1 aliphatic heterocycles. The smallest absolute Gasteiger partial charge is 0.309 e. The number of para-hydroxylation sites is 2. The van der Waals surface area contributed by atoms with E-state index in [1.54, 1.807) is 24.3 Å². The van der Waals surface area contributed by atoms with E-state index in [0.29, 0.717) is 24.3 Å². The number of hydrogen-bond acceptors (Lipinski definition) is 6. The Labute approximate surface area is 150 Å². The molecule has 0 bridgehead atoms. The molecule has 2 aliphatic rings. The third kappa shape index (κ3) is 4.53. The summed E-state index contributed by atoms with van der Waals surface area (Å²) in [6.07, 6.45) is 5.23. The van der Waals surface area contributed by atoms with E-state index in [-0.39, 0.29) is 12.5 Å². The lowest BCUT2D eigenvalue weighted by molar-refractivity contribution is -0.153. The minimum absolute atomic E-state index is 0.0307. The molecule has 1 aliphatic carbocycles. The minimum atomic E-state index is -0.887. The van der Waals surface area contributed by atoms with Crippen molar-refractivity contribution in [1.82, 2.24) is 10.9 Å². The fourth-order valence-electron chi connectivity index (χ4n) is 2.66. The van der Waals surface area contributed by atoms with Crippen molar-refractivity contribution >= 4 is 17.8 Å². The molecule has 0 radical (unpaired) electrons. The maximum absolute atomic E-state index is 12.1. The van der Waals surface area contributed by atoms with E-state index in [2.05, 4.69) is 10.9 Å². The lowest BCUT2D eigenvalue weighted by atomic mass is 9.95. The number of rotatable bonds is 4. The first-order chi connectivity index (χ1) is 12.6. The average molecular weight is 360 g/mol. The molecule has 0 aromatic heterocycles. The van der Waals surface area contributed by atoms with Gasteiger partial charge in [-0.05, 0) is 31.4 Å². The summed E-state index contributed by atoms with van der Waals surface area (Å²) in [6.45, 7) is -0.424. The number of benzene rings is 1. The SMILES string of the molecule is O=C(COC(=O)[C@H]1CC=CCC1)NNC(=O)[C@@H]1COc2ccccc2O1. The second kappa shape index (κ2) is 8.37. The molecule has 26 heavy (non-hydrogen) atoms. The van der Waals surface area contributed by atoms with Crippen LogP contribution in [-0.2, 0) is 19.1 Å². The molecular formula is C18H20N2O6. The van der Waals surface area contributed by atoms with Crippen molar-refractivity contribution in [1.29, 1.82) is 0 Å². The highest BCUT2D eigenvalue weighted by Gasteiger charge is 2.27. The quantitative estimate of drug-likeness (QED) is 0.469. The minimum Gasteiger partial charge on any atom is -0.485 e. The van der Waals surface area contributed by atoms with Gasteiger partial charge >= 0.3 is 5.97 Å². The van der Waals surface area contributed by atoms with Gasteiger partial charge in [0.15, 0.2) is 18.1 Å². The van der Waals surface area contributed by atoms with Crippen molar-refractivity contribution < 1.29 is 28.6 Å². The van der Waals surface area contributed by atoms with Gasteiger partial charge in [-0.15, -0.1) is 0 Å². The predicted octanol–water partition coefficient (Wildman–Crippen LogP) is 0.873. The molecule has 0 unspecified atom stereocenters. The van der Waals surface area contributed by atoms with Gasteiger partial charge in [-0.25, -0.2) is 0 Å². The monoisotopic (exact) mass is 360 g/mol. The molecule has 0 saturated heterocycles. The third-order valence-electron chi connectivity index (χ3n) is 4.07. The maximum Gasteiger partial charge on any atom is 0.309 e. The summed E-state index contributed by atoms with van der Waals surface area (Å²) < 4.78 is 15.9. The van der Waals surface area contributed by atoms with E-state index >= 15 is 0 Å². The van der Waals surface area contributed by atoms with Crippen LogP contribution in [-0.4, -0.2) is 37.1 Å². The Hall–Kier alpha value is -3.03. The highest BCUT2D eigenvalue weighted by atomic mass is 16.6. The summed E-state index contributed by atoms with van der Waals surface area (Å²) in [6, 6.07) is 6.99. The van der Waals surface area contributed by atoms with Crippen molar-refractivity contribution in [2.45, 2.75) is 25.4 Å². The largest absolute Gasteiger partial charge is 0.485 e. The first-order valence-electron chi connectivity index (χ1n) is 8.42. The van der Waals surface area contributed by atoms with Gasteiger partial charge in [0, 0.05) is 0 Å². The average Bonchev–Trinajstić information content (AvgIpc) is 2.70. The van der Waals surface area contributed by atoms with Gasteiger partial charge in [-0.3, -0.25) is 25.2 Å². The number of ether oxygens (including phenoxy) is 3. The summed E-state index contributed by atoms with van der Waals surface area (Å²) >= 11 is 0. The number of allylic oxidation sites excluding steroid dienone is 2. The molecule has 1 aromatic carbocycles. The van der Waals surface area contributed by atoms with Crippen LogP contribution < -0.4 is 20.3 Å². The Bertz CT molecular complexity index is 717. The van der Waals surface area contributed by atoms with Crippen molar-refractivity contribution in [3.8, 4) is 11.5 Å². The molecule has 138 valence electrons. The van der Waals surface area contributed by atoms with Gasteiger partial charge in [0.25, 0.3) is 11.8 Å². The summed E-state index contributed by atoms with van der Waals surface area (Å²) in [7, 11) is 0. The molecule has 3 rings (SSSR count). The molecule has 2 N–H and O–H groups in total.